The van der Waals surface area contributed by atoms with Crippen molar-refractivity contribution in [1.29, 1.82) is 0 Å². The number of rotatable bonds is 13. The molecule has 43 heavy (non-hydrogen) atoms. The molecule has 1 heterocycles. The van der Waals surface area contributed by atoms with Gasteiger partial charge in [0.25, 0.3) is 0 Å². The highest BCUT2D eigenvalue weighted by Crippen LogP contribution is 2.45. The topological polar surface area (TPSA) is 80.3 Å². The number of alkyl halides is 3. The van der Waals surface area contributed by atoms with E-state index in [-0.39, 0.29) is 31.2 Å². The fraction of sp³-hybridized carbons (Fsp3) is 0.387. The number of hydrogen-bond donors (Lipinski definition) is 2. The number of methoxy groups -OCH3 is 1. The van der Waals surface area contributed by atoms with Gasteiger partial charge in [-0.3, -0.25) is 4.90 Å². The largest absolute Gasteiger partial charge is 0.497 e. The summed E-state index contributed by atoms with van der Waals surface area (Å²) in [4.78, 5) is 14.0. The van der Waals surface area contributed by atoms with Gasteiger partial charge < -0.3 is 24.6 Å². The molecule has 2 N–H and O–H groups in total. The van der Waals surface area contributed by atoms with E-state index in [0.717, 1.165) is 36.3 Å². The van der Waals surface area contributed by atoms with Crippen molar-refractivity contribution in [2.75, 3.05) is 33.4 Å². The lowest BCUT2D eigenvalue weighted by molar-refractivity contribution is -0.145. The lowest BCUT2D eigenvalue weighted by atomic mass is 10.1. The van der Waals surface area contributed by atoms with Crippen LogP contribution in [0, 0.1) is 11.8 Å². The van der Waals surface area contributed by atoms with Crippen LogP contribution in [0.4, 0.5) is 13.2 Å². The maximum absolute atomic E-state index is 12.8. The minimum atomic E-state index is -4.31. The van der Waals surface area contributed by atoms with Gasteiger partial charge in [0, 0.05) is 38.6 Å². The summed E-state index contributed by atoms with van der Waals surface area (Å²) in [5, 5.41) is 13.2. The highest BCUT2D eigenvalue weighted by Gasteiger charge is 2.55. The van der Waals surface area contributed by atoms with Crippen molar-refractivity contribution >= 4 is 30.8 Å². The number of carboxylic acid groups (broad SMARTS) is 1. The quantitative estimate of drug-likeness (QED) is 0.231. The van der Waals surface area contributed by atoms with E-state index in [9.17, 15) is 23.1 Å². The molecule has 3 aromatic carbocycles. The molecule has 2 aliphatic rings. The van der Waals surface area contributed by atoms with Crippen molar-refractivity contribution in [3.63, 3.8) is 0 Å². The zero-order valence-corrected chi connectivity index (χ0v) is 25.1. The van der Waals surface area contributed by atoms with Crippen LogP contribution in [0.15, 0.2) is 72.8 Å². The summed E-state index contributed by atoms with van der Waals surface area (Å²) in [6.07, 6.45) is -5.12. The van der Waals surface area contributed by atoms with Crippen LogP contribution in [-0.2, 0) is 23.9 Å². The van der Waals surface area contributed by atoms with Crippen molar-refractivity contribution in [3.8, 4) is 17.2 Å². The highest BCUT2D eigenvalue weighted by molar-refractivity contribution is 5.85. The summed E-state index contributed by atoms with van der Waals surface area (Å²) in [6.45, 7) is 3.74. The monoisotopic (exact) mass is 642 g/mol. The molecule has 0 aromatic heterocycles. The van der Waals surface area contributed by atoms with Gasteiger partial charge in [0.05, 0.1) is 12.7 Å². The highest BCUT2D eigenvalue weighted by atomic mass is 35.5. The Hall–Kier alpha value is -3.18. The first-order chi connectivity index (χ1) is 19.7. The number of piperidine rings is 1. The van der Waals surface area contributed by atoms with E-state index >= 15 is 0 Å². The standard InChI is InChI=1S/C31H33F3N2O5.2ClH/c1-39-23-10-12-25(13-11-23)41-28(30(37)38)16-20-4-8-24(9-5-20)40-15-14-35-29-26-18-36(19-27(26)29)17-21-2-6-22(7-3-21)31(32,33)34;;/h2-13,26-29,35H,14-19H2,1H3,(H,37,38);2*1H/t26-,27+,28-,29?;;/m0../s1. The van der Waals surface area contributed by atoms with E-state index in [4.69, 9.17) is 14.2 Å². The molecule has 0 spiro atoms. The summed E-state index contributed by atoms with van der Waals surface area (Å²) in [6, 6.07) is 20.0. The van der Waals surface area contributed by atoms with Crippen LogP contribution in [0.1, 0.15) is 16.7 Å². The molecule has 1 saturated carbocycles. The molecule has 234 valence electrons. The summed E-state index contributed by atoms with van der Waals surface area (Å²) in [5.41, 5.74) is 1.10. The second-order valence-corrected chi connectivity index (χ2v) is 10.5. The number of benzene rings is 3. The molecule has 1 unspecified atom stereocenters. The Morgan fingerprint density at radius 1 is 0.907 bits per heavy atom. The summed E-state index contributed by atoms with van der Waals surface area (Å²) in [7, 11) is 1.56. The van der Waals surface area contributed by atoms with Gasteiger partial charge in [-0.05, 0) is 71.5 Å². The third kappa shape index (κ3) is 9.15. The number of likely N-dealkylation sites (tertiary alicyclic amines) is 1. The minimum absolute atomic E-state index is 0. The van der Waals surface area contributed by atoms with Crippen LogP contribution >= 0.6 is 24.8 Å². The number of nitrogens with zero attached hydrogens (tertiary/aromatic N) is 1. The first-order valence-electron chi connectivity index (χ1n) is 13.6. The average molecular weight is 644 g/mol. The number of aliphatic carboxylic acids is 1. The first kappa shape index (κ1) is 34.3. The van der Waals surface area contributed by atoms with Gasteiger partial charge in [-0.25, -0.2) is 4.79 Å². The van der Waals surface area contributed by atoms with E-state index in [1.165, 1.54) is 0 Å². The number of halogens is 5. The average Bonchev–Trinajstić information content (AvgIpc) is 3.41. The number of carbonyl (C=O) groups is 1. The van der Waals surface area contributed by atoms with E-state index in [1.54, 1.807) is 43.5 Å². The van der Waals surface area contributed by atoms with E-state index < -0.39 is 23.8 Å². The van der Waals surface area contributed by atoms with Crippen LogP contribution in [-0.4, -0.2) is 61.5 Å². The van der Waals surface area contributed by atoms with Gasteiger partial charge in [-0.2, -0.15) is 13.2 Å². The lowest BCUT2D eigenvalue weighted by Crippen LogP contribution is -2.33. The maximum Gasteiger partial charge on any atom is 0.416 e. The molecular formula is C31H35Cl2F3N2O5. The third-order valence-electron chi connectivity index (χ3n) is 7.67. The number of carboxylic acids is 1. The molecule has 1 aliphatic heterocycles. The van der Waals surface area contributed by atoms with Crippen LogP contribution in [0.25, 0.3) is 0 Å². The van der Waals surface area contributed by atoms with Crippen LogP contribution in [0.3, 0.4) is 0 Å². The fourth-order valence-electron chi connectivity index (χ4n) is 5.43. The van der Waals surface area contributed by atoms with Crippen molar-refractivity contribution < 1.29 is 37.3 Å². The number of ether oxygens (including phenoxy) is 3. The fourth-order valence-corrected chi connectivity index (χ4v) is 5.43. The zero-order chi connectivity index (χ0) is 29.0. The minimum Gasteiger partial charge on any atom is -0.497 e. The summed E-state index contributed by atoms with van der Waals surface area (Å²) < 4.78 is 54.9. The SMILES string of the molecule is COc1ccc(O[C@@H](Cc2ccc(OCCNC3[C@H]4CN(Cc5ccc(C(F)(F)F)cc5)C[C@@H]34)cc2)C(=O)O)cc1.Cl.Cl. The van der Waals surface area contributed by atoms with E-state index in [2.05, 4.69) is 10.2 Å². The molecule has 1 aliphatic carbocycles. The summed E-state index contributed by atoms with van der Waals surface area (Å²) in [5.74, 6) is 1.91. The zero-order valence-electron chi connectivity index (χ0n) is 23.5. The van der Waals surface area contributed by atoms with Crippen molar-refractivity contribution in [3.05, 3.63) is 89.5 Å². The Morgan fingerprint density at radius 2 is 1.47 bits per heavy atom. The smallest absolute Gasteiger partial charge is 0.416 e. The molecule has 4 atom stereocenters. The van der Waals surface area contributed by atoms with Crippen LogP contribution in [0.2, 0.25) is 0 Å². The van der Waals surface area contributed by atoms with Gasteiger partial charge in [0.15, 0.2) is 6.10 Å². The normalized spacial score (nSPS) is 19.8. The molecular weight excluding hydrogens is 608 g/mol. The summed E-state index contributed by atoms with van der Waals surface area (Å²) >= 11 is 0. The molecule has 12 heteroatoms. The Bertz CT molecular complexity index is 1300. The van der Waals surface area contributed by atoms with Gasteiger partial charge in [-0.1, -0.05) is 24.3 Å². The van der Waals surface area contributed by atoms with Gasteiger partial charge in [-0.15, -0.1) is 24.8 Å². The molecule has 0 bridgehead atoms. The Labute approximate surface area is 261 Å². The predicted molar refractivity (Wildman–Crippen MR) is 161 cm³/mol. The molecule has 0 amide bonds. The number of nitrogens with one attached hydrogen (secondary N) is 1. The van der Waals surface area contributed by atoms with Crippen LogP contribution < -0.4 is 19.5 Å². The Morgan fingerprint density at radius 3 is 2.02 bits per heavy atom. The second kappa shape index (κ2) is 15.0. The molecule has 2 fully saturated rings. The molecule has 5 rings (SSSR count). The second-order valence-electron chi connectivity index (χ2n) is 10.5. The molecule has 7 nitrogen and oxygen atoms in total. The Balaban J connectivity index is 0.00000253. The van der Waals surface area contributed by atoms with Gasteiger partial charge >= 0.3 is 12.1 Å². The van der Waals surface area contributed by atoms with E-state index in [1.807, 2.05) is 24.3 Å². The van der Waals surface area contributed by atoms with Crippen molar-refractivity contribution in [2.24, 2.45) is 11.8 Å². The van der Waals surface area contributed by atoms with E-state index in [0.29, 0.717) is 54.8 Å². The van der Waals surface area contributed by atoms with Gasteiger partial charge in [0.1, 0.15) is 23.9 Å². The first-order valence-corrected chi connectivity index (χ1v) is 13.6. The molecule has 1 saturated heterocycles. The molecule has 3 aromatic rings. The predicted octanol–water partition coefficient (Wildman–Crippen LogP) is 5.73. The molecule has 0 radical (unpaired) electrons. The maximum atomic E-state index is 12.8. The number of hydrogen-bond acceptors (Lipinski definition) is 6. The van der Waals surface area contributed by atoms with Crippen LogP contribution in [0.5, 0.6) is 17.2 Å². The van der Waals surface area contributed by atoms with Crippen molar-refractivity contribution in [2.45, 2.75) is 31.3 Å². The number of fused-ring (bicyclic) bond motifs is 1. The third-order valence-corrected chi connectivity index (χ3v) is 7.67. The lowest BCUT2D eigenvalue weighted by Gasteiger charge is -2.20. The Kier molecular flexibility index (Phi) is 12.0. The van der Waals surface area contributed by atoms with Crippen molar-refractivity contribution in [1.82, 2.24) is 10.2 Å². The van der Waals surface area contributed by atoms with Gasteiger partial charge in [0.2, 0.25) is 0 Å².